The van der Waals surface area contributed by atoms with Gasteiger partial charge in [-0.2, -0.15) is 0 Å². The third-order valence-electron chi connectivity index (χ3n) is 7.60. The first kappa shape index (κ1) is 34.2. The molecule has 3 aromatic carbocycles. The zero-order valence-electron chi connectivity index (χ0n) is 25.4. The van der Waals surface area contributed by atoms with Crippen LogP contribution in [0, 0.1) is 12.7 Å². The maximum atomic E-state index is 14.9. The van der Waals surface area contributed by atoms with Crippen LogP contribution in [0.3, 0.4) is 0 Å². The Bertz CT molecular complexity index is 1900. The Morgan fingerprint density at radius 2 is 1.60 bits per heavy atom. The van der Waals surface area contributed by atoms with Crippen LogP contribution in [0.2, 0.25) is 10.0 Å². The Balaban J connectivity index is 1.32. The van der Waals surface area contributed by atoms with Gasteiger partial charge in [-0.1, -0.05) is 47.5 Å². The summed E-state index contributed by atoms with van der Waals surface area (Å²) in [5.74, 6) is -3.34. The third-order valence-corrected chi connectivity index (χ3v) is 9.33. The van der Waals surface area contributed by atoms with E-state index < -0.39 is 52.2 Å². The van der Waals surface area contributed by atoms with Crippen LogP contribution in [-0.2, 0) is 26.2 Å². The van der Waals surface area contributed by atoms with Crippen molar-refractivity contribution in [1.82, 2.24) is 10.2 Å². The number of ether oxygens (including phenoxy) is 1. The number of likely N-dealkylation sites (tertiary alicyclic amines) is 1. The van der Waals surface area contributed by atoms with Crippen LogP contribution in [0.5, 0.6) is 0 Å². The van der Waals surface area contributed by atoms with Crippen LogP contribution in [0.15, 0.2) is 80.4 Å². The average Bonchev–Trinajstić information content (AvgIpc) is 3.31. The number of amides is 1. The monoisotopic (exact) mass is 705 g/mol. The molecule has 1 atom stereocenters. The maximum absolute atomic E-state index is 14.9. The number of carbonyl (C=O) groups is 2. The summed E-state index contributed by atoms with van der Waals surface area (Å²) < 4.78 is 56.8. The minimum absolute atomic E-state index is 0.0136. The number of hydrogen-bond donors (Lipinski definition) is 1. The normalized spacial score (nSPS) is 14.4. The van der Waals surface area contributed by atoms with Crippen LogP contribution in [-0.4, -0.2) is 56.6 Å². The summed E-state index contributed by atoms with van der Waals surface area (Å²) in [6.07, 6.45) is 1.01. The Hall–Kier alpha value is -4.17. The van der Waals surface area contributed by atoms with E-state index in [1.54, 1.807) is 24.3 Å². The first-order valence-corrected chi connectivity index (χ1v) is 16.9. The molecule has 0 radical (unpaired) electrons. The molecule has 1 amide bonds. The van der Waals surface area contributed by atoms with E-state index in [9.17, 15) is 27.2 Å². The van der Waals surface area contributed by atoms with Gasteiger partial charge in [-0.25, -0.2) is 22.4 Å². The van der Waals surface area contributed by atoms with Crippen molar-refractivity contribution in [2.45, 2.75) is 38.6 Å². The highest BCUT2D eigenvalue weighted by atomic mass is 35.5. The van der Waals surface area contributed by atoms with Gasteiger partial charge in [-0.05, 0) is 67.4 Å². The van der Waals surface area contributed by atoms with Crippen molar-refractivity contribution in [3.8, 4) is 0 Å². The van der Waals surface area contributed by atoms with Crippen LogP contribution in [0.25, 0.3) is 0 Å². The molecule has 0 aliphatic carbocycles. The van der Waals surface area contributed by atoms with Gasteiger partial charge in [0, 0.05) is 28.7 Å². The van der Waals surface area contributed by atoms with Crippen LogP contribution in [0.4, 0.5) is 10.1 Å². The van der Waals surface area contributed by atoms with E-state index in [0.29, 0.717) is 23.1 Å². The number of rotatable bonds is 11. The number of nitrogens with one attached hydrogen (secondary N) is 1. The van der Waals surface area contributed by atoms with Crippen LogP contribution >= 0.6 is 23.2 Å². The summed E-state index contributed by atoms with van der Waals surface area (Å²) in [5, 5.41) is 3.56. The molecule has 1 fully saturated rings. The summed E-state index contributed by atoms with van der Waals surface area (Å²) in [5.41, 5.74) is 1.62. The van der Waals surface area contributed by atoms with Gasteiger partial charge in [-0.3, -0.25) is 14.0 Å². The number of halogens is 3. The van der Waals surface area contributed by atoms with E-state index in [4.69, 9.17) is 36.8 Å². The minimum atomic E-state index is -3.94. The van der Waals surface area contributed by atoms with Crippen molar-refractivity contribution in [1.29, 1.82) is 0 Å². The molecule has 5 rings (SSSR count). The second-order valence-corrected chi connectivity index (χ2v) is 13.8. The highest BCUT2D eigenvalue weighted by molar-refractivity contribution is 7.92. The Morgan fingerprint density at radius 3 is 2.11 bits per heavy atom. The van der Waals surface area contributed by atoms with Gasteiger partial charge in [0.05, 0.1) is 24.0 Å². The lowest BCUT2D eigenvalue weighted by molar-refractivity contribution is -0.147. The number of sulfonamides is 1. The Kier molecular flexibility index (Phi) is 10.1. The van der Waals surface area contributed by atoms with Crippen molar-refractivity contribution < 1.29 is 36.0 Å². The molecule has 1 aliphatic heterocycles. The van der Waals surface area contributed by atoms with Crippen LogP contribution < -0.4 is 15.4 Å². The van der Waals surface area contributed by atoms with E-state index in [2.05, 4.69) is 10.2 Å². The predicted octanol–water partition coefficient (Wildman–Crippen LogP) is 5.09. The molecule has 248 valence electrons. The topological polar surface area (TPSA) is 139 Å². The molecule has 11 nitrogen and oxygen atoms in total. The van der Waals surface area contributed by atoms with E-state index in [1.807, 2.05) is 24.3 Å². The molecule has 47 heavy (non-hydrogen) atoms. The smallest absolute Gasteiger partial charge is 0.456 e. The largest absolute Gasteiger partial charge is 0.519 e. The van der Waals surface area contributed by atoms with Crippen molar-refractivity contribution >= 4 is 50.8 Å². The number of aryl methyl sites for hydroxylation is 1. The SMILES string of the molecule is Cc1oc(=O)oc1COC(=O)[C@H](C)NC(=O)c1cc(F)cc(N(C2CN(C(c3ccc(Cl)cc3)c3ccc(Cl)cc3)C2)S(C)(=O)=O)c1. The fourth-order valence-corrected chi connectivity index (χ4v) is 6.78. The predicted molar refractivity (Wildman–Crippen MR) is 173 cm³/mol. The van der Waals surface area contributed by atoms with Gasteiger partial charge in [0.1, 0.15) is 11.9 Å². The molecule has 1 aromatic heterocycles. The van der Waals surface area contributed by atoms with Gasteiger partial charge in [0.25, 0.3) is 5.91 Å². The second kappa shape index (κ2) is 13.9. The number of carbonyl (C=O) groups excluding carboxylic acids is 2. The quantitative estimate of drug-likeness (QED) is 0.212. The fraction of sp³-hybridized carbons (Fsp3) is 0.281. The number of nitrogens with zero attached hydrogens (tertiary/aromatic N) is 2. The lowest BCUT2D eigenvalue weighted by Gasteiger charge is -2.48. The summed E-state index contributed by atoms with van der Waals surface area (Å²) in [6.45, 7) is 2.99. The van der Waals surface area contributed by atoms with Crippen molar-refractivity contribution in [3.63, 3.8) is 0 Å². The molecule has 0 bridgehead atoms. The van der Waals surface area contributed by atoms with E-state index >= 15 is 0 Å². The Labute approximate surface area is 279 Å². The average molecular weight is 707 g/mol. The van der Waals surface area contributed by atoms with Gasteiger partial charge < -0.3 is 18.9 Å². The molecule has 1 N–H and O–H groups in total. The van der Waals surface area contributed by atoms with Crippen molar-refractivity contribution in [3.05, 3.63) is 121 Å². The van der Waals surface area contributed by atoms with Crippen molar-refractivity contribution in [2.24, 2.45) is 0 Å². The summed E-state index contributed by atoms with van der Waals surface area (Å²) in [4.78, 5) is 38.8. The van der Waals surface area contributed by atoms with Gasteiger partial charge in [-0.15, -0.1) is 0 Å². The summed E-state index contributed by atoms with van der Waals surface area (Å²) >= 11 is 12.2. The lowest BCUT2D eigenvalue weighted by atomic mass is 9.93. The molecule has 15 heteroatoms. The van der Waals surface area contributed by atoms with Crippen molar-refractivity contribution in [2.75, 3.05) is 23.7 Å². The molecule has 0 spiro atoms. The zero-order valence-corrected chi connectivity index (χ0v) is 27.7. The maximum Gasteiger partial charge on any atom is 0.519 e. The molecule has 0 saturated carbocycles. The van der Waals surface area contributed by atoms with Crippen LogP contribution in [0.1, 0.15) is 46.0 Å². The zero-order chi connectivity index (χ0) is 34.0. The third kappa shape index (κ3) is 8.04. The molecule has 0 unspecified atom stereocenters. The van der Waals surface area contributed by atoms with E-state index in [0.717, 1.165) is 33.8 Å². The highest BCUT2D eigenvalue weighted by Crippen LogP contribution is 2.37. The van der Waals surface area contributed by atoms with E-state index in [1.165, 1.54) is 19.9 Å². The Morgan fingerprint density at radius 1 is 1.02 bits per heavy atom. The molecule has 4 aromatic rings. The van der Waals surface area contributed by atoms with Gasteiger partial charge in [0.2, 0.25) is 10.0 Å². The summed E-state index contributed by atoms with van der Waals surface area (Å²) in [7, 11) is -3.94. The second-order valence-electron chi connectivity index (χ2n) is 11.1. The molecular formula is C32H30Cl2FN3O8S. The first-order chi connectivity index (χ1) is 22.2. The highest BCUT2D eigenvalue weighted by Gasteiger charge is 2.41. The molecule has 2 heterocycles. The first-order valence-electron chi connectivity index (χ1n) is 14.3. The number of benzene rings is 3. The number of hydrogen-bond acceptors (Lipinski definition) is 9. The standard InChI is InChI=1S/C32H30Cl2FN3O8S/c1-18(31(40)44-17-28-19(2)45-32(41)46-28)36-30(39)22-12-25(35)14-26(13-22)38(47(3,42)43)27-15-37(16-27)29(20-4-8-23(33)9-5-20)21-6-10-24(34)11-7-21/h4-14,18,27,29H,15-17H2,1-3H3,(H,36,39)/t18-/m0/s1. The minimum Gasteiger partial charge on any atom is -0.456 e. The lowest BCUT2D eigenvalue weighted by Crippen LogP contribution is -2.61. The van der Waals surface area contributed by atoms with E-state index in [-0.39, 0.29) is 28.8 Å². The fourth-order valence-electron chi connectivity index (χ4n) is 5.36. The summed E-state index contributed by atoms with van der Waals surface area (Å²) in [6, 6.07) is 15.9. The molecule has 1 aliphatic rings. The number of esters is 1. The molecule has 1 saturated heterocycles. The van der Waals surface area contributed by atoms with Gasteiger partial charge in [0.15, 0.2) is 18.1 Å². The molecular weight excluding hydrogens is 676 g/mol. The van der Waals surface area contributed by atoms with Gasteiger partial charge >= 0.3 is 11.8 Å². The number of anilines is 1.